The summed E-state index contributed by atoms with van der Waals surface area (Å²) in [6, 6.07) is 14.6. The van der Waals surface area contributed by atoms with Crippen molar-refractivity contribution in [2.24, 2.45) is 11.8 Å². The Morgan fingerprint density at radius 2 is 1.68 bits per heavy atom. The lowest BCUT2D eigenvalue weighted by molar-refractivity contribution is -0.138. The summed E-state index contributed by atoms with van der Waals surface area (Å²) >= 11 is 0. The minimum atomic E-state index is -2.90. The van der Waals surface area contributed by atoms with Gasteiger partial charge in [-0.1, -0.05) is 42.5 Å². The van der Waals surface area contributed by atoms with Gasteiger partial charge in [0.25, 0.3) is 5.92 Å². The minimum Gasteiger partial charge on any atom is -0.342 e. The molecule has 2 heterocycles. The van der Waals surface area contributed by atoms with Crippen molar-refractivity contribution >= 4 is 16.8 Å². The van der Waals surface area contributed by atoms with Crippen LogP contribution < -0.4 is 0 Å². The maximum Gasteiger partial charge on any atom is 0.276 e. The molecule has 1 amide bonds. The molecule has 31 heavy (non-hydrogen) atoms. The van der Waals surface area contributed by atoms with Gasteiger partial charge in [0.05, 0.1) is 5.52 Å². The van der Waals surface area contributed by atoms with E-state index >= 15 is 8.78 Å². The molecule has 5 rings (SSSR count). The maximum absolute atomic E-state index is 15.2. The molecule has 0 atom stereocenters. The van der Waals surface area contributed by atoms with E-state index in [0.29, 0.717) is 25.9 Å². The van der Waals surface area contributed by atoms with Crippen molar-refractivity contribution in [3.05, 3.63) is 65.9 Å². The number of carbonyl (C=O) groups excluding carboxylic acids is 1. The van der Waals surface area contributed by atoms with Gasteiger partial charge >= 0.3 is 0 Å². The van der Waals surface area contributed by atoms with Gasteiger partial charge in [-0.25, -0.2) is 8.78 Å². The molecule has 3 nitrogen and oxygen atoms in total. The average Bonchev–Trinajstić information content (AvgIpc) is 3.65. The fourth-order valence-corrected chi connectivity index (χ4v) is 4.73. The van der Waals surface area contributed by atoms with Gasteiger partial charge in [0.1, 0.15) is 0 Å². The van der Waals surface area contributed by atoms with E-state index in [-0.39, 0.29) is 17.4 Å². The molecule has 0 radical (unpaired) electrons. The number of amides is 1. The van der Waals surface area contributed by atoms with E-state index in [4.69, 9.17) is 0 Å². The third-order valence-corrected chi connectivity index (χ3v) is 6.87. The Kier molecular flexibility index (Phi) is 4.99. The number of carbonyl (C=O) groups is 1. The van der Waals surface area contributed by atoms with E-state index in [1.54, 1.807) is 29.2 Å². The molecule has 3 aromatic rings. The molecule has 1 aliphatic heterocycles. The summed E-state index contributed by atoms with van der Waals surface area (Å²) in [4.78, 5) is 18.5. The first-order valence-electron chi connectivity index (χ1n) is 11.1. The number of fused-ring (bicyclic) bond motifs is 1. The zero-order chi connectivity index (χ0) is 21.6. The second-order valence-electron chi connectivity index (χ2n) is 8.89. The Bertz CT molecular complexity index is 1110. The largest absolute Gasteiger partial charge is 0.342 e. The van der Waals surface area contributed by atoms with Crippen LogP contribution in [0.15, 0.2) is 54.7 Å². The first-order chi connectivity index (χ1) is 14.9. The van der Waals surface area contributed by atoms with E-state index in [9.17, 15) is 4.79 Å². The topological polar surface area (TPSA) is 33.2 Å². The smallest absolute Gasteiger partial charge is 0.276 e. The van der Waals surface area contributed by atoms with Crippen LogP contribution in [-0.4, -0.2) is 28.9 Å². The SMILES string of the molecule is Cc1c(-c2ccc(C(F)(F)C3CCN(C(=O)C4CC4)CC3)cc2)cnc2ccccc12. The molecule has 5 heteroatoms. The zero-order valence-electron chi connectivity index (χ0n) is 17.7. The number of rotatable bonds is 4. The molecule has 0 bridgehead atoms. The highest BCUT2D eigenvalue weighted by molar-refractivity contribution is 5.88. The van der Waals surface area contributed by atoms with E-state index in [0.717, 1.165) is 40.4 Å². The Hall–Kier alpha value is -2.82. The van der Waals surface area contributed by atoms with Crippen LogP contribution >= 0.6 is 0 Å². The molecule has 0 unspecified atom stereocenters. The number of aromatic nitrogens is 1. The van der Waals surface area contributed by atoms with Gasteiger partial charge in [-0.3, -0.25) is 9.78 Å². The Morgan fingerprint density at radius 3 is 2.35 bits per heavy atom. The first-order valence-corrected chi connectivity index (χ1v) is 11.1. The van der Waals surface area contributed by atoms with Crippen LogP contribution in [0.3, 0.4) is 0 Å². The van der Waals surface area contributed by atoms with Gasteiger partial charge in [0, 0.05) is 47.6 Å². The number of aryl methyl sites for hydroxylation is 1. The van der Waals surface area contributed by atoms with Gasteiger partial charge in [-0.15, -0.1) is 0 Å². The summed E-state index contributed by atoms with van der Waals surface area (Å²) in [6.45, 7) is 2.92. The number of benzene rings is 2. The van der Waals surface area contributed by atoms with Crippen molar-refractivity contribution in [1.82, 2.24) is 9.88 Å². The highest BCUT2D eigenvalue weighted by Gasteiger charge is 2.44. The molecule has 1 saturated heterocycles. The summed E-state index contributed by atoms with van der Waals surface area (Å²) in [6.07, 6.45) is 4.42. The quantitative estimate of drug-likeness (QED) is 0.522. The number of para-hydroxylation sites is 1. The molecule has 1 aliphatic carbocycles. The number of hydrogen-bond acceptors (Lipinski definition) is 2. The van der Waals surface area contributed by atoms with Gasteiger partial charge in [-0.2, -0.15) is 0 Å². The summed E-state index contributed by atoms with van der Waals surface area (Å²) in [5, 5.41) is 1.07. The number of alkyl halides is 2. The molecule has 0 N–H and O–H groups in total. The predicted octanol–water partition coefficient (Wildman–Crippen LogP) is 5.95. The van der Waals surface area contributed by atoms with Gasteiger partial charge < -0.3 is 4.90 Å². The highest BCUT2D eigenvalue weighted by Crippen LogP contribution is 2.43. The number of likely N-dealkylation sites (tertiary alicyclic amines) is 1. The van der Waals surface area contributed by atoms with Crippen molar-refractivity contribution in [2.75, 3.05) is 13.1 Å². The Morgan fingerprint density at radius 1 is 1.00 bits per heavy atom. The lowest BCUT2D eigenvalue weighted by atomic mass is 9.85. The number of hydrogen-bond donors (Lipinski definition) is 0. The maximum atomic E-state index is 15.2. The molecule has 1 aromatic heterocycles. The van der Waals surface area contributed by atoms with Crippen LogP contribution in [0, 0.1) is 18.8 Å². The molecule has 160 valence electrons. The summed E-state index contributed by atoms with van der Waals surface area (Å²) in [5.74, 6) is -3.32. The Labute approximate surface area is 181 Å². The number of halogens is 2. The zero-order valence-corrected chi connectivity index (χ0v) is 17.7. The summed E-state index contributed by atoms with van der Waals surface area (Å²) < 4.78 is 30.5. The fourth-order valence-electron chi connectivity index (χ4n) is 4.73. The predicted molar refractivity (Wildman–Crippen MR) is 118 cm³/mol. The van der Waals surface area contributed by atoms with E-state index < -0.39 is 11.8 Å². The van der Waals surface area contributed by atoms with Crippen LogP contribution in [0.25, 0.3) is 22.0 Å². The molecule has 2 aromatic carbocycles. The van der Waals surface area contributed by atoms with Crippen molar-refractivity contribution in [2.45, 2.75) is 38.5 Å². The average molecular weight is 421 g/mol. The third kappa shape index (κ3) is 3.71. The first kappa shape index (κ1) is 20.1. The molecule has 2 aliphatic rings. The second kappa shape index (κ2) is 7.70. The van der Waals surface area contributed by atoms with Gasteiger partial charge in [0.2, 0.25) is 5.91 Å². The third-order valence-electron chi connectivity index (χ3n) is 6.87. The van der Waals surface area contributed by atoms with Crippen LogP contribution in [-0.2, 0) is 10.7 Å². The molecule has 0 spiro atoms. The van der Waals surface area contributed by atoms with Crippen molar-refractivity contribution < 1.29 is 13.6 Å². The summed E-state index contributed by atoms with van der Waals surface area (Å²) in [7, 11) is 0. The normalized spacial score (nSPS) is 17.8. The standard InChI is InChI=1S/C26H26F2N2O/c1-17-22-4-2-3-5-24(22)29-16-23(17)18-8-10-20(11-9-18)26(27,28)21-12-14-30(15-13-21)25(31)19-6-7-19/h2-5,8-11,16,19,21H,6-7,12-15H2,1H3. The fraction of sp³-hybridized carbons (Fsp3) is 0.385. The van der Waals surface area contributed by atoms with Crippen LogP contribution in [0.5, 0.6) is 0 Å². The minimum absolute atomic E-state index is 0.0506. The molecule has 1 saturated carbocycles. The van der Waals surface area contributed by atoms with E-state index in [1.807, 2.05) is 37.4 Å². The van der Waals surface area contributed by atoms with Crippen molar-refractivity contribution in [1.29, 1.82) is 0 Å². The number of pyridine rings is 1. The summed E-state index contributed by atoms with van der Waals surface area (Å²) in [5.41, 5.74) is 3.92. The van der Waals surface area contributed by atoms with Gasteiger partial charge in [-0.05, 0) is 49.8 Å². The molecular formula is C26H26F2N2O. The molecule has 2 fully saturated rings. The van der Waals surface area contributed by atoms with Crippen LogP contribution in [0.4, 0.5) is 8.78 Å². The Balaban J connectivity index is 1.33. The van der Waals surface area contributed by atoms with Crippen LogP contribution in [0.2, 0.25) is 0 Å². The van der Waals surface area contributed by atoms with Crippen molar-refractivity contribution in [3.8, 4) is 11.1 Å². The van der Waals surface area contributed by atoms with E-state index in [1.165, 1.54) is 0 Å². The lowest BCUT2D eigenvalue weighted by Crippen LogP contribution is -2.43. The second-order valence-corrected chi connectivity index (χ2v) is 8.89. The number of nitrogens with zero attached hydrogens (tertiary/aromatic N) is 2. The van der Waals surface area contributed by atoms with Crippen molar-refractivity contribution in [3.63, 3.8) is 0 Å². The number of piperidine rings is 1. The lowest BCUT2D eigenvalue weighted by Gasteiger charge is -2.36. The molecular weight excluding hydrogens is 394 g/mol. The monoisotopic (exact) mass is 420 g/mol. The van der Waals surface area contributed by atoms with Crippen LogP contribution in [0.1, 0.15) is 36.8 Å². The van der Waals surface area contributed by atoms with E-state index in [2.05, 4.69) is 4.98 Å². The highest BCUT2D eigenvalue weighted by atomic mass is 19.3. The van der Waals surface area contributed by atoms with Gasteiger partial charge in [0.15, 0.2) is 0 Å².